The first kappa shape index (κ1) is 13.9. The van der Waals surface area contributed by atoms with Crippen molar-refractivity contribution >= 4 is 0 Å². The third-order valence-corrected chi connectivity index (χ3v) is 3.09. The van der Waals surface area contributed by atoms with Crippen molar-refractivity contribution in [3.63, 3.8) is 0 Å². The van der Waals surface area contributed by atoms with Crippen LogP contribution < -0.4 is 5.32 Å². The van der Waals surface area contributed by atoms with E-state index >= 15 is 0 Å². The van der Waals surface area contributed by atoms with Gasteiger partial charge in [0, 0.05) is 13.2 Å². The molecule has 1 rings (SSSR count). The van der Waals surface area contributed by atoms with Crippen molar-refractivity contribution in [2.24, 2.45) is 0 Å². The molecule has 0 bridgehead atoms. The molecule has 0 spiro atoms. The summed E-state index contributed by atoms with van der Waals surface area (Å²) in [5, 5.41) is 3.43. The van der Waals surface area contributed by atoms with Gasteiger partial charge in [0.05, 0.1) is 6.61 Å². The highest BCUT2D eigenvalue weighted by molar-refractivity contribution is 4.66. The molecule has 1 aliphatic heterocycles. The monoisotopic (exact) mass is 228 g/mol. The first-order valence-corrected chi connectivity index (χ1v) is 6.94. The Morgan fingerprint density at radius 3 is 2.62 bits per heavy atom. The SMILES string of the molecule is CCCCOCCNCCCN1CCCC1. The van der Waals surface area contributed by atoms with Crippen molar-refractivity contribution in [3.8, 4) is 0 Å². The molecular weight excluding hydrogens is 200 g/mol. The molecule has 16 heavy (non-hydrogen) atoms. The standard InChI is InChI=1S/C13H28N2O/c1-2-3-12-16-13-8-14-7-6-11-15-9-4-5-10-15/h14H,2-13H2,1H3. The van der Waals surface area contributed by atoms with E-state index < -0.39 is 0 Å². The summed E-state index contributed by atoms with van der Waals surface area (Å²) in [6, 6.07) is 0. The topological polar surface area (TPSA) is 24.5 Å². The minimum atomic E-state index is 0.865. The average molecular weight is 228 g/mol. The van der Waals surface area contributed by atoms with Crippen LogP contribution in [0.15, 0.2) is 0 Å². The van der Waals surface area contributed by atoms with Crippen molar-refractivity contribution < 1.29 is 4.74 Å². The lowest BCUT2D eigenvalue weighted by Crippen LogP contribution is -2.26. The van der Waals surface area contributed by atoms with Crippen LogP contribution in [0.1, 0.15) is 39.0 Å². The lowest BCUT2D eigenvalue weighted by molar-refractivity contribution is 0.133. The van der Waals surface area contributed by atoms with Gasteiger partial charge in [-0.15, -0.1) is 0 Å². The van der Waals surface area contributed by atoms with Gasteiger partial charge in [-0.05, 0) is 51.9 Å². The van der Waals surface area contributed by atoms with Crippen LogP contribution >= 0.6 is 0 Å². The second-order valence-corrected chi connectivity index (χ2v) is 4.62. The summed E-state index contributed by atoms with van der Waals surface area (Å²) in [5.74, 6) is 0. The fourth-order valence-corrected chi connectivity index (χ4v) is 2.05. The van der Waals surface area contributed by atoms with Crippen LogP contribution in [0.3, 0.4) is 0 Å². The molecule has 1 heterocycles. The molecule has 1 fully saturated rings. The maximum Gasteiger partial charge on any atom is 0.0590 e. The molecule has 96 valence electrons. The van der Waals surface area contributed by atoms with E-state index in [0.717, 1.165) is 26.3 Å². The van der Waals surface area contributed by atoms with E-state index in [-0.39, 0.29) is 0 Å². The highest BCUT2D eigenvalue weighted by Crippen LogP contribution is 2.06. The number of hydrogen-bond donors (Lipinski definition) is 1. The zero-order chi connectivity index (χ0) is 11.5. The van der Waals surface area contributed by atoms with E-state index in [4.69, 9.17) is 4.74 Å². The first-order valence-electron chi connectivity index (χ1n) is 6.94. The summed E-state index contributed by atoms with van der Waals surface area (Å²) >= 11 is 0. The molecule has 1 N–H and O–H groups in total. The third kappa shape index (κ3) is 7.20. The molecule has 0 aromatic rings. The summed E-state index contributed by atoms with van der Waals surface area (Å²) < 4.78 is 5.48. The van der Waals surface area contributed by atoms with E-state index in [2.05, 4.69) is 17.1 Å². The van der Waals surface area contributed by atoms with Gasteiger partial charge in [-0.3, -0.25) is 0 Å². The molecule has 3 nitrogen and oxygen atoms in total. The predicted octanol–water partition coefficient (Wildman–Crippen LogP) is 1.88. The lowest BCUT2D eigenvalue weighted by Gasteiger charge is -2.14. The number of hydrogen-bond acceptors (Lipinski definition) is 3. The molecule has 0 aromatic heterocycles. The Kier molecular flexibility index (Phi) is 8.77. The molecule has 0 amide bonds. The molecule has 0 aromatic carbocycles. The van der Waals surface area contributed by atoms with Gasteiger partial charge >= 0.3 is 0 Å². The minimum Gasteiger partial charge on any atom is -0.380 e. The molecule has 1 aliphatic rings. The Morgan fingerprint density at radius 1 is 1.06 bits per heavy atom. The molecule has 1 saturated heterocycles. The summed E-state index contributed by atoms with van der Waals surface area (Å²) in [5.41, 5.74) is 0. The highest BCUT2D eigenvalue weighted by Gasteiger charge is 2.09. The molecule has 0 atom stereocenters. The average Bonchev–Trinajstić information content (AvgIpc) is 2.80. The van der Waals surface area contributed by atoms with Crippen LogP contribution in [-0.2, 0) is 4.74 Å². The van der Waals surface area contributed by atoms with Gasteiger partial charge in [-0.2, -0.15) is 0 Å². The van der Waals surface area contributed by atoms with Crippen molar-refractivity contribution in [2.45, 2.75) is 39.0 Å². The number of likely N-dealkylation sites (tertiary alicyclic amines) is 1. The van der Waals surface area contributed by atoms with Gasteiger partial charge in [0.25, 0.3) is 0 Å². The Morgan fingerprint density at radius 2 is 1.88 bits per heavy atom. The summed E-state index contributed by atoms with van der Waals surface area (Å²) in [6.07, 6.45) is 6.49. The highest BCUT2D eigenvalue weighted by atomic mass is 16.5. The van der Waals surface area contributed by atoms with Crippen LogP contribution in [0.4, 0.5) is 0 Å². The summed E-state index contributed by atoms with van der Waals surface area (Å²) in [4.78, 5) is 2.57. The van der Waals surface area contributed by atoms with Crippen LogP contribution in [0.2, 0.25) is 0 Å². The largest absolute Gasteiger partial charge is 0.380 e. The van der Waals surface area contributed by atoms with E-state index in [1.807, 2.05) is 0 Å². The zero-order valence-corrected chi connectivity index (χ0v) is 10.8. The first-order chi connectivity index (χ1) is 7.93. The summed E-state index contributed by atoms with van der Waals surface area (Å²) in [6.45, 7) is 10.0. The zero-order valence-electron chi connectivity index (χ0n) is 10.8. The quantitative estimate of drug-likeness (QED) is 0.578. The second kappa shape index (κ2) is 10.1. The van der Waals surface area contributed by atoms with E-state index in [0.29, 0.717) is 0 Å². The van der Waals surface area contributed by atoms with Crippen LogP contribution in [-0.4, -0.2) is 50.8 Å². The van der Waals surface area contributed by atoms with Crippen molar-refractivity contribution in [3.05, 3.63) is 0 Å². The second-order valence-electron chi connectivity index (χ2n) is 4.62. The number of unbranched alkanes of at least 4 members (excludes halogenated alkanes) is 1. The van der Waals surface area contributed by atoms with Gasteiger partial charge in [0.15, 0.2) is 0 Å². The van der Waals surface area contributed by atoms with E-state index in [1.54, 1.807) is 0 Å². The number of nitrogens with one attached hydrogen (secondary N) is 1. The van der Waals surface area contributed by atoms with Crippen molar-refractivity contribution in [1.29, 1.82) is 0 Å². The lowest BCUT2D eigenvalue weighted by atomic mass is 10.4. The van der Waals surface area contributed by atoms with Gasteiger partial charge in [0.1, 0.15) is 0 Å². The molecule has 0 aliphatic carbocycles. The maximum absolute atomic E-state index is 5.48. The molecule has 3 heteroatoms. The fourth-order valence-electron chi connectivity index (χ4n) is 2.05. The Balaban J connectivity index is 1.71. The maximum atomic E-state index is 5.48. The molecule has 0 radical (unpaired) electrons. The Bertz CT molecular complexity index is 147. The fraction of sp³-hybridized carbons (Fsp3) is 1.00. The minimum absolute atomic E-state index is 0.865. The predicted molar refractivity (Wildman–Crippen MR) is 68.9 cm³/mol. The number of rotatable bonds is 10. The van der Waals surface area contributed by atoms with E-state index in [1.165, 1.54) is 51.7 Å². The molecule has 0 unspecified atom stereocenters. The Hall–Kier alpha value is -0.120. The normalized spacial score (nSPS) is 17.1. The Labute approximate surface area is 101 Å². The van der Waals surface area contributed by atoms with Gasteiger partial charge in [-0.25, -0.2) is 0 Å². The van der Waals surface area contributed by atoms with E-state index in [9.17, 15) is 0 Å². The molecule has 0 saturated carbocycles. The van der Waals surface area contributed by atoms with Gasteiger partial charge in [0.2, 0.25) is 0 Å². The van der Waals surface area contributed by atoms with Gasteiger partial charge in [-0.1, -0.05) is 13.3 Å². The number of ether oxygens (including phenoxy) is 1. The van der Waals surface area contributed by atoms with Crippen LogP contribution in [0, 0.1) is 0 Å². The summed E-state index contributed by atoms with van der Waals surface area (Å²) in [7, 11) is 0. The van der Waals surface area contributed by atoms with Gasteiger partial charge < -0.3 is 15.0 Å². The smallest absolute Gasteiger partial charge is 0.0590 e. The van der Waals surface area contributed by atoms with Crippen LogP contribution in [0.25, 0.3) is 0 Å². The molecular formula is C13H28N2O. The van der Waals surface area contributed by atoms with Crippen molar-refractivity contribution in [2.75, 3.05) is 45.9 Å². The van der Waals surface area contributed by atoms with Crippen molar-refractivity contribution in [1.82, 2.24) is 10.2 Å². The number of nitrogens with zero attached hydrogens (tertiary/aromatic N) is 1. The third-order valence-electron chi connectivity index (χ3n) is 3.09. The van der Waals surface area contributed by atoms with Crippen LogP contribution in [0.5, 0.6) is 0 Å².